The van der Waals surface area contributed by atoms with Crippen LogP contribution in [-0.2, 0) is 19.1 Å². The molecule has 1 aliphatic rings. The summed E-state index contributed by atoms with van der Waals surface area (Å²) in [4.78, 5) is 23.8. The molecule has 0 radical (unpaired) electrons. The van der Waals surface area contributed by atoms with Gasteiger partial charge in [0.2, 0.25) is 5.91 Å². The van der Waals surface area contributed by atoms with Crippen LogP contribution in [0.15, 0.2) is 24.3 Å². The van der Waals surface area contributed by atoms with Crippen LogP contribution in [0.3, 0.4) is 0 Å². The lowest BCUT2D eigenvalue weighted by molar-refractivity contribution is -0.142. The molecule has 0 bridgehead atoms. The number of anilines is 1. The van der Waals surface area contributed by atoms with Crippen molar-refractivity contribution in [3.05, 3.63) is 24.3 Å². The summed E-state index contributed by atoms with van der Waals surface area (Å²) in [5, 5.41) is 6.21. The molecule has 1 aromatic rings. The Morgan fingerprint density at radius 3 is 2.42 bits per heavy atom. The second-order valence-corrected chi connectivity index (χ2v) is 5.81. The van der Waals surface area contributed by atoms with Gasteiger partial charge >= 0.3 is 5.97 Å². The van der Waals surface area contributed by atoms with Crippen molar-refractivity contribution in [2.75, 3.05) is 45.8 Å². The van der Waals surface area contributed by atoms with Gasteiger partial charge in [-0.15, -0.1) is 0 Å². The van der Waals surface area contributed by atoms with Crippen molar-refractivity contribution in [1.29, 1.82) is 0 Å². The van der Waals surface area contributed by atoms with E-state index < -0.39 is 11.4 Å². The number of hydrogen-bond acceptors (Lipinski definition) is 6. The first-order chi connectivity index (χ1) is 11.6. The Labute approximate surface area is 141 Å². The molecular formula is C17H24N2O5. The highest BCUT2D eigenvalue weighted by molar-refractivity contribution is 5.95. The van der Waals surface area contributed by atoms with Gasteiger partial charge in [0.05, 0.1) is 19.1 Å². The monoisotopic (exact) mass is 336 g/mol. The molecule has 0 aliphatic carbocycles. The van der Waals surface area contributed by atoms with Gasteiger partial charge < -0.3 is 24.8 Å². The van der Waals surface area contributed by atoms with Crippen molar-refractivity contribution in [2.24, 2.45) is 5.41 Å². The molecule has 1 saturated heterocycles. The van der Waals surface area contributed by atoms with Crippen LogP contribution in [0.25, 0.3) is 0 Å². The van der Waals surface area contributed by atoms with Crippen LogP contribution in [0.1, 0.15) is 12.8 Å². The fourth-order valence-corrected chi connectivity index (χ4v) is 2.72. The molecule has 0 atom stereocenters. The second-order valence-electron chi connectivity index (χ2n) is 5.81. The van der Waals surface area contributed by atoms with Crippen molar-refractivity contribution in [2.45, 2.75) is 12.8 Å². The van der Waals surface area contributed by atoms with Crippen LogP contribution in [-0.4, -0.2) is 52.4 Å². The zero-order chi connectivity index (χ0) is 17.4. The minimum absolute atomic E-state index is 0.0333. The molecule has 1 amide bonds. The van der Waals surface area contributed by atoms with Gasteiger partial charge in [-0.25, -0.2) is 4.79 Å². The molecule has 1 fully saturated rings. The maximum absolute atomic E-state index is 12.7. The standard InChI is InChI=1S/C17H24N2O5/c1-22-12-17(7-9-18-10-8-17)16(21)19-13-3-5-14(6-4-13)24-11-15(20)23-2/h3-6,18H,7-12H2,1-2H3,(H,19,21). The van der Waals surface area contributed by atoms with Gasteiger partial charge in [0.1, 0.15) is 5.75 Å². The lowest BCUT2D eigenvalue weighted by Gasteiger charge is -2.35. The predicted molar refractivity (Wildman–Crippen MR) is 89.0 cm³/mol. The maximum Gasteiger partial charge on any atom is 0.343 e. The van der Waals surface area contributed by atoms with E-state index in [1.165, 1.54) is 7.11 Å². The average molecular weight is 336 g/mol. The van der Waals surface area contributed by atoms with Gasteiger partial charge in [-0.1, -0.05) is 0 Å². The largest absolute Gasteiger partial charge is 0.482 e. The third-order valence-corrected chi connectivity index (χ3v) is 4.16. The van der Waals surface area contributed by atoms with Crippen molar-refractivity contribution >= 4 is 17.6 Å². The van der Waals surface area contributed by atoms with Crippen LogP contribution in [0.5, 0.6) is 5.75 Å². The number of benzene rings is 1. The van der Waals surface area contributed by atoms with Crippen molar-refractivity contribution < 1.29 is 23.8 Å². The van der Waals surface area contributed by atoms with Gasteiger partial charge in [0.15, 0.2) is 6.61 Å². The molecule has 0 aromatic heterocycles. The minimum atomic E-state index is -0.500. The molecule has 2 N–H and O–H groups in total. The van der Waals surface area contributed by atoms with E-state index in [1.54, 1.807) is 31.4 Å². The molecule has 1 aromatic carbocycles. The quantitative estimate of drug-likeness (QED) is 0.728. The zero-order valence-electron chi connectivity index (χ0n) is 14.1. The highest BCUT2D eigenvalue weighted by atomic mass is 16.6. The number of rotatable bonds is 7. The van der Waals surface area contributed by atoms with E-state index in [0.29, 0.717) is 18.0 Å². The summed E-state index contributed by atoms with van der Waals surface area (Å²) in [5.74, 6) is 0.0562. The number of nitrogens with one attached hydrogen (secondary N) is 2. The average Bonchev–Trinajstić information content (AvgIpc) is 2.61. The van der Waals surface area contributed by atoms with Crippen LogP contribution >= 0.6 is 0 Å². The fourth-order valence-electron chi connectivity index (χ4n) is 2.72. The second kappa shape index (κ2) is 8.65. The summed E-state index contributed by atoms with van der Waals surface area (Å²) in [6, 6.07) is 6.88. The smallest absolute Gasteiger partial charge is 0.343 e. The first-order valence-electron chi connectivity index (χ1n) is 7.90. The topological polar surface area (TPSA) is 85.9 Å². The number of hydrogen-bond donors (Lipinski definition) is 2. The Kier molecular flexibility index (Phi) is 6.57. The lowest BCUT2D eigenvalue weighted by atomic mass is 9.78. The van der Waals surface area contributed by atoms with Crippen LogP contribution in [0, 0.1) is 5.41 Å². The fraction of sp³-hybridized carbons (Fsp3) is 0.529. The molecular weight excluding hydrogens is 312 g/mol. The molecule has 0 unspecified atom stereocenters. The van der Waals surface area contributed by atoms with Crippen LogP contribution in [0.4, 0.5) is 5.69 Å². The van der Waals surface area contributed by atoms with E-state index in [0.717, 1.165) is 25.9 Å². The van der Waals surface area contributed by atoms with E-state index in [4.69, 9.17) is 9.47 Å². The Morgan fingerprint density at radius 2 is 1.83 bits per heavy atom. The first kappa shape index (κ1) is 18.2. The van der Waals surface area contributed by atoms with Gasteiger partial charge in [-0.05, 0) is 50.2 Å². The summed E-state index contributed by atoms with van der Waals surface area (Å²) in [6.07, 6.45) is 1.49. The Bertz CT molecular complexity index is 547. The summed E-state index contributed by atoms with van der Waals surface area (Å²) in [6.45, 7) is 1.86. The van der Waals surface area contributed by atoms with Gasteiger partial charge in [0, 0.05) is 12.8 Å². The Morgan fingerprint density at radius 1 is 1.17 bits per heavy atom. The summed E-state index contributed by atoms with van der Waals surface area (Å²) in [7, 11) is 2.92. The Balaban J connectivity index is 1.96. The van der Waals surface area contributed by atoms with Crippen molar-refractivity contribution in [1.82, 2.24) is 5.32 Å². The highest BCUT2D eigenvalue weighted by Gasteiger charge is 2.39. The number of esters is 1. The molecule has 7 nitrogen and oxygen atoms in total. The number of carbonyl (C=O) groups excluding carboxylic acids is 2. The van der Waals surface area contributed by atoms with Crippen LogP contribution < -0.4 is 15.4 Å². The number of carbonyl (C=O) groups is 2. The molecule has 1 heterocycles. The lowest BCUT2D eigenvalue weighted by Crippen LogP contribution is -2.47. The minimum Gasteiger partial charge on any atom is -0.482 e. The van der Waals surface area contributed by atoms with E-state index in [-0.39, 0.29) is 12.5 Å². The number of methoxy groups -OCH3 is 2. The van der Waals surface area contributed by atoms with Crippen LogP contribution in [0.2, 0.25) is 0 Å². The number of amides is 1. The van der Waals surface area contributed by atoms with E-state index in [1.807, 2.05) is 0 Å². The number of ether oxygens (including phenoxy) is 3. The molecule has 2 rings (SSSR count). The summed E-state index contributed by atoms with van der Waals surface area (Å²) >= 11 is 0. The summed E-state index contributed by atoms with van der Waals surface area (Å²) < 4.78 is 15.1. The number of piperidine rings is 1. The molecule has 1 aliphatic heterocycles. The molecule has 24 heavy (non-hydrogen) atoms. The summed E-state index contributed by atoms with van der Waals surface area (Å²) in [5.41, 5.74) is 0.180. The van der Waals surface area contributed by atoms with Gasteiger partial charge in [0.25, 0.3) is 0 Å². The van der Waals surface area contributed by atoms with Crippen molar-refractivity contribution in [3.63, 3.8) is 0 Å². The maximum atomic E-state index is 12.7. The third-order valence-electron chi connectivity index (χ3n) is 4.16. The zero-order valence-corrected chi connectivity index (χ0v) is 14.1. The van der Waals surface area contributed by atoms with Crippen molar-refractivity contribution in [3.8, 4) is 5.75 Å². The highest BCUT2D eigenvalue weighted by Crippen LogP contribution is 2.31. The molecule has 7 heteroatoms. The van der Waals surface area contributed by atoms with E-state index in [9.17, 15) is 9.59 Å². The third kappa shape index (κ3) is 4.69. The van der Waals surface area contributed by atoms with Gasteiger partial charge in [-0.3, -0.25) is 4.79 Å². The molecule has 0 saturated carbocycles. The van der Waals surface area contributed by atoms with E-state index >= 15 is 0 Å². The van der Waals surface area contributed by atoms with E-state index in [2.05, 4.69) is 15.4 Å². The van der Waals surface area contributed by atoms with Gasteiger partial charge in [-0.2, -0.15) is 0 Å². The SMILES string of the molecule is COCC1(C(=O)Nc2ccc(OCC(=O)OC)cc2)CCNCC1. The Hall–Kier alpha value is -2.12. The normalized spacial score (nSPS) is 16.2. The predicted octanol–water partition coefficient (Wildman–Crippen LogP) is 1.19. The molecule has 132 valence electrons. The first-order valence-corrected chi connectivity index (χ1v) is 7.90. The molecule has 0 spiro atoms.